The number of nitrogens with zero attached hydrogens (tertiary/aromatic N) is 4. The number of anilines is 1. The van der Waals surface area contributed by atoms with Gasteiger partial charge in [0.2, 0.25) is 5.82 Å². The predicted octanol–water partition coefficient (Wildman–Crippen LogP) is 0.639. The molecule has 1 aromatic heterocycles. The van der Waals surface area contributed by atoms with E-state index < -0.39 is 0 Å². The molecule has 19 heavy (non-hydrogen) atoms. The Balaban J connectivity index is 1.96. The molecule has 2 aromatic rings. The van der Waals surface area contributed by atoms with Gasteiger partial charge in [-0.2, -0.15) is 4.80 Å². The fraction of sp³-hybridized carbons (Fsp3) is 0.333. The van der Waals surface area contributed by atoms with Crippen molar-refractivity contribution in [1.29, 1.82) is 0 Å². The maximum Gasteiger partial charge on any atom is 0.313 e. The van der Waals surface area contributed by atoms with Crippen molar-refractivity contribution in [3.63, 3.8) is 0 Å². The molecule has 0 bridgehead atoms. The van der Waals surface area contributed by atoms with Gasteiger partial charge in [0.05, 0.1) is 13.0 Å². The van der Waals surface area contributed by atoms with Crippen LogP contribution >= 0.6 is 0 Å². The summed E-state index contributed by atoms with van der Waals surface area (Å²) < 4.78 is 5.14. The van der Waals surface area contributed by atoms with E-state index >= 15 is 0 Å². The molecule has 100 valence electrons. The highest BCUT2D eigenvalue weighted by Gasteiger charge is 2.17. The number of tetrazole rings is 1. The third-order valence-electron chi connectivity index (χ3n) is 2.66. The fourth-order valence-corrected chi connectivity index (χ4v) is 1.61. The van der Waals surface area contributed by atoms with Gasteiger partial charge in [0, 0.05) is 5.69 Å². The highest BCUT2D eigenvalue weighted by molar-refractivity contribution is 5.78. The van der Waals surface area contributed by atoms with Crippen LogP contribution in [0.3, 0.4) is 0 Å². The quantitative estimate of drug-likeness (QED) is 0.641. The van der Waals surface area contributed by atoms with Gasteiger partial charge in [-0.3, -0.25) is 4.79 Å². The molecule has 0 aliphatic carbocycles. The Kier molecular flexibility index (Phi) is 3.74. The van der Waals surface area contributed by atoms with Crippen LogP contribution in [0.1, 0.15) is 24.2 Å². The van der Waals surface area contributed by atoms with Gasteiger partial charge >= 0.3 is 5.97 Å². The molecule has 1 aromatic carbocycles. The Labute approximate surface area is 110 Å². The summed E-state index contributed by atoms with van der Waals surface area (Å²) in [6.07, 6.45) is 0. The molecule has 0 aliphatic heterocycles. The molecule has 0 spiro atoms. The van der Waals surface area contributed by atoms with E-state index in [1.807, 2.05) is 6.07 Å². The molecule has 7 nitrogen and oxygen atoms in total. The van der Waals surface area contributed by atoms with E-state index in [0.29, 0.717) is 11.5 Å². The highest BCUT2D eigenvalue weighted by Crippen LogP contribution is 2.19. The zero-order valence-corrected chi connectivity index (χ0v) is 10.8. The second-order valence-corrected chi connectivity index (χ2v) is 4.19. The smallest absolute Gasteiger partial charge is 0.313 e. The molecule has 0 saturated carbocycles. The molecule has 2 N–H and O–H groups in total. The Morgan fingerprint density at radius 2 is 2.32 bits per heavy atom. The second-order valence-electron chi connectivity index (χ2n) is 4.19. The number of carbonyl (C=O) groups excluding carboxylic acids is 1. The van der Waals surface area contributed by atoms with Crippen molar-refractivity contribution in [3.05, 3.63) is 35.7 Å². The van der Waals surface area contributed by atoms with Gasteiger partial charge in [-0.05, 0) is 29.8 Å². The van der Waals surface area contributed by atoms with Crippen molar-refractivity contribution in [2.24, 2.45) is 7.05 Å². The molecular formula is C12H15N5O2. The Morgan fingerprint density at radius 1 is 1.53 bits per heavy atom. The van der Waals surface area contributed by atoms with E-state index in [4.69, 9.17) is 10.5 Å². The average molecular weight is 261 g/mol. The van der Waals surface area contributed by atoms with Crippen LogP contribution in [0.15, 0.2) is 24.3 Å². The highest BCUT2D eigenvalue weighted by atomic mass is 16.5. The molecule has 0 saturated heterocycles. The molecule has 1 atom stereocenters. The van der Waals surface area contributed by atoms with Crippen LogP contribution in [-0.4, -0.2) is 26.2 Å². The number of rotatable bonds is 4. The molecule has 1 heterocycles. The van der Waals surface area contributed by atoms with Gasteiger partial charge in [-0.25, -0.2) is 0 Å². The average Bonchev–Trinajstić information content (AvgIpc) is 2.81. The summed E-state index contributed by atoms with van der Waals surface area (Å²) in [6.45, 7) is 1.78. The van der Waals surface area contributed by atoms with Crippen LogP contribution in [0.25, 0.3) is 0 Å². The minimum Gasteiger partial charge on any atom is -0.457 e. The summed E-state index contributed by atoms with van der Waals surface area (Å²) in [6, 6.07) is 7.17. The van der Waals surface area contributed by atoms with Crippen LogP contribution in [0, 0.1) is 0 Å². The van der Waals surface area contributed by atoms with Gasteiger partial charge < -0.3 is 10.5 Å². The van der Waals surface area contributed by atoms with Gasteiger partial charge in [0.1, 0.15) is 0 Å². The van der Waals surface area contributed by atoms with Crippen molar-refractivity contribution in [2.45, 2.75) is 19.4 Å². The molecule has 0 radical (unpaired) electrons. The first-order valence-electron chi connectivity index (χ1n) is 5.81. The summed E-state index contributed by atoms with van der Waals surface area (Å²) in [5.41, 5.74) is 7.12. The lowest BCUT2D eigenvalue weighted by Crippen LogP contribution is -2.14. The Morgan fingerprint density at radius 3 is 2.95 bits per heavy atom. The molecule has 1 unspecified atom stereocenters. The minimum atomic E-state index is -0.389. The summed E-state index contributed by atoms with van der Waals surface area (Å²) >= 11 is 0. The Bertz CT molecular complexity index is 581. The predicted molar refractivity (Wildman–Crippen MR) is 67.9 cm³/mol. The maximum atomic E-state index is 11.9. The van der Waals surface area contributed by atoms with E-state index in [-0.39, 0.29) is 18.5 Å². The van der Waals surface area contributed by atoms with E-state index in [9.17, 15) is 4.79 Å². The lowest BCUT2D eigenvalue weighted by atomic mass is 10.0. The number of carbonyl (C=O) groups is 1. The summed E-state index contributed by atoms with van der Waals surface area (Å²) in [7, 11) is 1.65. The van der Waals surface area contributed by atoms with Gasteiger partial charge in [-0.15, -0.1) is 10.2 Å². The summed E-state index contributed by atoms with van der Waals surface area (Å²) in [5.74, 6) is -0.367. The first kappa shape index (κ1) is 13.0. The van der Waals surface area contributed by atoms with E-state index in [2.05, 4.69) is 15.4 Å². The molecule has 0 fully saturated rings. The standard InChI is InChI=1S/C12H15N5O2/c1-8(9-4-3-5-10(13)6-9)12(18)19-7-11-14-16-17(2)15-11/h3-6,8H,7,13H2,1-2H3. The van der Waals surface area contributed by atoms with Crippen LogP contribution < -0.4 is 5.73 Å². The largest absolute Gasteiger partial charge is 0.457 e. The van der Waals surface area contributed by atoms with Crippen LogP contribution in [0.5, 0.6) is 0 Å². The zero-order chi connectivity index (χ0) is 13.8. The SMILES string of the molecule is CC(C(=O)OCc1nnn(C)n1)c1cccc(N)c1. The van der Waals surface area contributed by atoms with Crippen LogP contribution in [-0.2, 0) is 23.2 Å². The lowest BCUT2D eigenvalue weighted by Gasteiger charge is -2.11. The van der Waals surface area contributed by atoms with E-state index in [0.717, 1.165) is 5.56 Å². The lowest BCUT2D eigenvalue weighted by molar-refractivity contribution is -0.146. The van der Waals surface area contributed by atoms with Crippen molar-refractivity contribution in [1.82, 2.24) is 20.2 Å². The Hall–Kier alpha value is -2.44. The molecule has 7 heteroatoms. The van der Waals surface area contributed by atoms with Crippen molar-refractivity contribution in [2.75, 3.05) is 5.73 Å². The number of aromatic nitrogens is 4. The van der Waals surface area contributed by atoms with Gasteiger partial charge in [0.25, 0.3) is 0 Å². The third kappa shape index (κ3) is 3.27. The second kappa shape index (κ2) is 5.47. The van der Waals surface area contributed by atoms with Crippen LogP contribution in [0.4, 0.5) is 5.69 Å². The third-order valence-corrected chi connectivity index (χ3v) is 2.66. The van der Waals surface area contributed by atoms with Crippen molar-refractivity contribution in [3.8, 4) is 0 Å². The van der Waals surface area contributed by atoms with E-state index in [1.54, 1.807) is 32.2 Å². The summed E-state index contributed by atoms with van der Waals surface area (Å²) in [5, 5.41) is 11.3. The number of aryl methyl sites for hydroxylation is 1. The molecule has 0 amide bonds. The van der Waals surface area contributed by atoms with Crippen molar-refractivity contribution < 1.29 is 9.53 Å². The molecule has 0 aliphatic rings. The van der Waals surface area contributed by atoms with E-state index in [1.165, 1.54) is 4.80 Å². The zero-order valence-electron chi connectivity index (χ0n) is 10.8. The van der Waals surface area contributed by atoms with Gasteiger partial charge in [0.15, 0.2) is 6.61 Å². The van der Waals surface area contributed by atoms with Gasteiger partial charge in [-0.1, -0.05) is 12.1 Å². The van der Waals surface area contributed by atoms with Crippen LogP contribution in [0.2, 0.25) is 0 Å². The first-order valence-corrected chi connectivity index (χ1v) is 5.81. The number of hydrogen-bond donors (Lipinski definition) is 1. The fourth-order valence-electron chi connectivity index (χ4n) is 1.61. The topological polar surface area (TPSA) is 95.9 Å². The minimum absolute atomic E-state index is 0.0132. The number of nitrogen functional groups attached to an aromatic ring is 1. The number of hydrogen-bond acceptors (Lipinski definition) is 6. The molecular weight excluding hydrogens is 246 g/mol. The first-order chi connectivity index (χ1) is 9.06. The monoisotopic (exact) mass is 261 g/mol. The summed E-state index contributed by atoms with van der Waals surface area (Å²) in [4.78, 5) is 13.2. The normalized spacial score (nSPS) is 12.1. The number of nitrogens with two attached hydrogens (primary N) is 1. The number of benzene rings is 1. The number of esters is 1. The maximum absolute atomic E-state index is 11.9. The number of ether oxygens (including phenoxy) is 1. The van der Waals surface area contributed by atoms with Crippen molar-refractivity contribution >= 4 is 11.7 Å². The molecule has 2 rings (SSSR count).